The zero-order chi connectivity index (χ0) is 22.5. The van der Waals surface area contributed by atoms with Crippen LogP contribution < -0.4 is 10.1 Å². The Kier molecular flexibility index (Phi) is 6.48. The fraction of sp³-hybridized carbons (Fsp3) is 0.192. The number of benzene rings is 3. The molecule has 0 aliphatic carbocycles. The molecule has 0 spiro atoms. The van der Waals surface area contributed by atoms with Crippen LogP contribution in [0.2, 0.25) is 0 Å². The van der Waals surface area contributed by atoms with Crippen molar-refractivity contribution < 1.29 is 9.53 Å². The largest absolute Gasteiger partial charge is 0.491 e. The van der Waals surface area contributed by atoms with Gasteiger partial charge in [-0.15, -0.1) is 0 Å². The number of amides is 1. The second-order valence-electron chi connectivity index (χ2n) is 7.76. The fourth-order valence-electron chi connectivity index (χ4n) is 3.57. The number of hydrogen-bond donors (Lipinski definition) is 1. The summed E-state index contributed by atoms with van der Waals surface area (Å²) >= 11 is 1.37. The highest BCUT2D eigenvalue weighted by molar-refractivity contribution is 7.22. The predicted molar refractivity (Wildman–Crippen MR) is 128 cm³/mol. The van der Waals surface area contributed by atoms with Gasteiger partial charge in [0.05, 0.1) is 28.0 Å². The van der Waals surface area contributed by atoms with E-state index in [1.54, 1.807) is 18.2 Å². The molecular formula is C26H23N3O2S. The van der Waals surface area contributed by atoms with Gasteiger partial charge in [-0.25, -0.2) is 4.98 Å². The molecule has 1 aromatic heterocycles. The van der Waals surface area contributed by atoms with Crippen LogP contribution in [0.4, 0.5) is 5.13 Å². The third kappa shape index (κ3) is 5.13. The summed E-state index contributed by atoms with van der Waals surface area (Å²) in [5, 5.41) is 12.6. The molecule has 1 unspecified atom stereocenters. The Labute approximate surface area is 191 Å². The minimum atomic E-state index is -0.110. The summed E-state index contributed by atoms with van der Waals surface area (Å²) in [6.07, 6.45) is 0.392. The van der Waals surface area contributed by atoms with Crippen molar-refractivity contribution in [2.75, 3.05) is 5.32 Å². The van der Waals surface area contributed by atoms with E-state index in [2.05, 4.69) is 16.4 Å². The second kappa shape index (κ2) is 9.63. The van der Waals surface area contributed by atoms with E-state index in [0.717, 1.165) is 27.1 Å². The summed E-state index contributed by atoms with van der Waals surface area (Å²) in [6, 6.07) is 25.4. The van der Waals surface area contributed by atoms with E-state index < -0.39 is 0 Å². The van der Waals surface area contributed by atoms with Gasteiger partial charge >= 0.3 is 0 Å². The van der Waals surface area contributed by atoms with E-state index in [9.17, 15) is 4.79 Å². The van der Waals surface area contributed by atoms with Gasteiger partial charge in [0.2, 0.25) is 5.91 Å². The molecule has 5 nitrogen and oxygen atoms in total. The molecule has 3 aromatic carbocycles. The Bertz CT molecular complexity index is 1260. The summed E-state index contributed by atoms with van der Waals surface area (Å²) < 4.78 is 6.63. The van der Waals surface area contributed by atoms with E-state index in [0.29, 0.717) is 10.7 Å². The molecule has 1 heterocycles. The highest BCUT2D eigenvalue weighted by Gasteiger charge is 2.19. The lowest BCUT2D eigenvalue weighted by molar-refractivity contribution is -0.116. The quantitative estimate of drug-likeness (QED) is 0.375. The Morgan fingerprint density at radius 1 is 1.06 bits per heavy atom. The number of aromatic nitrogens is 1. The number of carbonyl (C=O) groups is 1. The van der Waals surface area contributed by atoms with Gasteiger partial charge < -0.3 is 10.1 Å². The van der Waals surface area contributed by atoms with E-state index in [1.165, 1.54) is 11.3 Å². The molecular weight excluding hydrogens is 418 g/mol. The van der Waals surface area contributed by atoms with Crippen molar-refractivity contribution in [3.63, 3.8) is 0 Å². The van der Waals surface area contributed by atoms with Gasteiger partial charge in [0.1, 0.15) is 5.75 Å². The van der Waals surface area contributed by atoms with Gasteiger partial charge in [0.25, 0.3) is 0 Å². The Hall–Kier alpha value is -3.69. The van der Waals surface area contributed by atoms with E-state index in [4.69, 9.17) is 10.00 Å². The molecule has 1 amide bonds. The molecule has 1 N–H and O–H groups in total. The predicted octanol–water partition coefficient (Wildman–Crippen LogP) is 6.12. The lowest BCUT2D eigenvalue weighted by atomic mass is 9.88. The van der Waals surface area contributed by atoms with Crippen LogP contribution in [-0.2, 0) is 4.79 Å². The molecule has 0 saturated heterocycles. The van der Waals surface area contributed by atoms with Crippen LogP contribution in [0.5, 0.6) is 5.75 Å². The standard InChI is InChI=1S/C26H23N3O2S/c1-17(2)31-21-11-9-20(10-12-21)22(19-6-4-3-5-7-19)15-25(30)29-26-28-23-13-8-18(16-27)14-24(23)32-26/h3-14,17,22H,15H2,1-2H3,(H,28,29,30). The van der Waals surface area contributed by atoms with Crippen molar-refractivity contribution >= 4 is 32.6 Å². The minimum Gasteiger partial charge on any atom is -0.491 e. The molecule has 4 aromatic rings. The van der Waals surface area contributed by atoms with Crippen LogP contribution in [0, 0.1) is 11.3 Å². The summed E-state index contributed by atoms with van der Waals surface area (Å²) in [5.74, 6) is 0.607. The molecule has 0 fully saturated rings. The summed E-state index contributed by atoms with van der Waals surface area (Å²) in [6.45, 7) is 3.99. The summed E-state index contributed by atoms with van der Waals surface area (Å²) in [4.78, 5) is 17.4. The zero-order valence-electron chi connectivity index (χ0n) is 17.9. The molecule has 4 rings (SSSR count). The maximum Gasteiger partial charge on any atom is 0.227 e. The van der Waals surface area contributed by atoms with Crippen molar-refractivity contribution in [2.24, 2.45) is 0 Å². The van der Waals surface area contributed by atoms with Crippen molar-refractivity contribution in [3.05, 3.63) is 89.5 Å². The summed E-state index contributed by atoms with van der Waals surface area (Å²) in [7, 11) is 0. The van der Waals surface area contributed by atoms with E-state index >= 15 is 0 Å². The highest BCUT2D eigenvalue weighted by Crippen LogP contribution is 2.31. The molecule has 0 bridgehead atoms. The molecule has 0 aliphatic rings. The maximum atomic E-state index is 13.0. The van der Waals surface area contributed by atoms with Gasteiger partial charge in [-0.2, -0.15) is 5.26 Å². The number of nitriles is 1. The molecule has 6 heteroatoms. The number of rotatable bonds is 7. The molecule has 0 aliphatic heterocycles. The molecule has 32 heavy (non-hydrogen) atoms. The van der Waals surface area contributed by atoms with Crippen LogP contribution in [0.15, 0.2) is 72.8 Å². The van der Waals surface area contributed by atoms with E-state index in [-0.39, 0.29) is 24.3 Å². The second-order valence-corrected chi connectivity index (χ2v) is 8.80. The lowest BCUT2D eigenvalue weighted by Crippen LogP contribution is -2.16. The number of hydrogen-bond acceptors (Lipinski definition) is 5. The van der Waals surface area contributed by atoms with Gasteiger partial charge in [-0.05, 0) is 55.3 Å². The van der Waals surface area contributed by atoms with Crippen LogP contribution >= 0.6 is 11.3 Å². The number of ether oxygens (including phenoxy) is 1. The average molecular weight is 442 g/mol. The molecule has 0 radical (unpaired) electrons. The first-order valence-electron chi connectivity index (χ1n) is 10.4. The number of nitrogens with one attached hydrogen (secondary N) is 1. The van der Waals surface area contributed by atoms with Gasteiger partial charge in [-0.1, -0.05) is 53.8 Å². The molecule has 160 valence electrons. The monoisotopic (exact) mass is 441 g/mol. The lowest BCUT2D eigenvalue weighted by Gasteiger charge is -2.18. The molecule has 1 atom stereocenters. The van der Waals surface area contributed by atoms with Crippen molar-refractivity contribution in [1.82, 2.24) is 4.98 Å². The van der Waals surface area contributed by atoms with Crippen LogP contribution in [0.25, 0.3) is 10.2 Å². The van der Waals surface area contributed by atoms with Crippen molar-refractivity contribution in [2.45, 2.75) is 32.3 Å². The first-order valence-corrected chi connectivity index (χ1v) is 11.3. The first kappa shape index (κ1) is 21.5. The number of nitrogens with zero attached hydrogens (tertiary/aromatic N) is 2. The van der Waals surface area contributed by atoms with Crippen molar-refractivity contribution in [3.8, 4) is 11.8 Å². The summed E-state index contributed by atoms with van der Waals surface area (Å²) in [5.41, 5.74) is 3.46. The number of thiazole rings is 1. The third-order valence-electron chi connectivity index (χ3n) is 5.01. The van der Waals surface area contributed by atoms with Gasteiger partial charge in [-0.3, -0.25) is 4.79 Å². The van der Waals surface area contributed by atoms with Crippen LogP contribution in [-0.4, -0.2) is 17.0 Å². The number of anilines is 1. The number of carbonyl (C=O) groups excluding carboxylic acids is 1. The Morgan fingerprint density at radius 2 is 1.78 bits per heavy atom. The topological polar surface area (TPSA) is 75.0 Å². The Morgan fingerprint density at radius 3 is 2.47 bits per heavy atom. The fourth-order valence-corrected chi connectivity index (χ4v) is 4.49. The first-order chi connectivity index (χ1) is 15.5. The van der Waals surface area contributed by atoms with Crippen LogP contribution in [0.3, 0.4) is 0 Å². The van der Waals surface area contributed by atoms with Gasteiger partial charge in [0.15, 0.2) is 5.13 Å². The smallest absolute Gasteiger partial charge is 0.227 e. The normalized spacial score (nSPS) is 11.8. The Balaban J connectivity index is 1.54. The van der Waals surface area contributed by atoms with Crippen molar-refractivity contribution in [1.29, 1.82) is 5.26 Å². The van der Waals surface area contributed by atoms with E-state index in [1.807, 2.05) is 68.4 Å². The van der Waals surface area contributed by atoms with Crippen LogP contribution in [0.1, 0.15) is 42.9 Å². The zero-order valence-corrected chi connectivity index (χ0v) is 18.7. The highest BCUT2D eigenvalue weighted by atomic mass is 32.1. The number of fused-ring (bicyclic) bond motifs is 1. The SMILES string of the molecule is CC(C)Oc1ccc(C(CC(=O)Nc2nc3ccc(C#N)cc3s2)c2ccccc2)cc1. The third-order valence-corrected chi connectivity index (χ3v) is 5.94. The molecule has 0 saturated carbocycles. The average Bonchev–Trinajstić information content (AvgIpc) is 3.19. The van der Waals surface area contributed by atoms with Gasteiger partial charge in [0, 0.05) is 12.3 Å². The minimum absolute atomic E-state index is 0.0936. The maximum absolute atomic E-state index is 13.0.